The zero-order valence-corrected chi connectivity index (χ0v) is 41.3. The van der Waals surface area contributed by atoms with Gasteiger partial charge in [0.05, 0.1) is 39.6 Å². The lowest BCUT2D eigenvalue weighted by molar-refractivity contribution is -0.393. The van der Waals surface area contributed by atoms with Crippen LogP contribution in [0.3, 0.4) is 0 Å². The van der Waals surface area contributed by atoms with Crippen LogP contribution in [0.2, 0.25) is 0 Å². The lowest BCUT2D eigenvalue weighted by Gasteiger charge is -2.49. The van der Waals surface area contributed by atoms with Crippen molar-refractivity contribution >= 4 is 20.8 Å². The molecule has 38 heteroatoms. The lowest BCUT2D eigenvalue weighted by atomic mass is 9.95. The minimum Gasteiger partial charge on any atom is -0.394 e. The molecule has 0 aromatic rings. The first kappa shape index (κ1) is 62.2. The Bertz CT molecular complexity index is 2070. The van der Waals surface area contributed by atoms with Gasteiger partial charge in [-0.3, -0.25) is 9.11 Å². The molecule has 76 heavy (non-hydrogen) atoms. The third-order valence-corrected chi connectivity index (χ3v) is 14.2. The number of rotatable bonds is 21. The van der Waals surface area contributed by atoms with Crippen LogP contribution in [0, 0.1) is 0 Å². The molecule has 36 nitrogen and oxygen atoms in total. The van der Waals surface area contributed by atoms with E-state index in [-0.39, 0.29) is 6.61 Å². The van der Waals surface area contributed by atoms with Gasteiger partial charge < -0.3 is 138 Å². The van der Waals surface area contributed by atoms with Gasteiger partial charge in [0.25, 0.3) is 0 Å². The van der Waals surface area contributed by atoms with Gasteiger partial charge in [0, 0.05) is 14.2 Å². The molecular formula is C38H64O36S2. The predicted octanol–water partition coefficient (Wildman–Crippen LogP) is -12.1. The van der Waals surface area contributed by atoms with Gasteiger partial charge in [-0.2, -0.15) is 16.8 Å². The van der Waals surface area contributed by atoms with Crippen LogP contribution in [-0.2, 0) is 95.5 Å². The Labute approximate surface area is 430 Å². The molecule has 7 heterocycles. The van der Waals surface area contributed by atoms with E-state index in [1.807, 2.05) is 0 Å². The average Bonchev–Trinajstić information content (AvgIpc) is 3.67. The normalized spacial score (nSPS) is 49.4. The third-order valence-electron chi connectivity index (χ3n) is 13.4. The van der Waals surface area contributed by atoms with E-state index >= 15 is 0 Å². The molecule has 0 amide bonds. The van der Waals surface area contributed by atoms with Crippen molar-refractivity contribution in [1.29, 1.82) is 0 Å². The fraction of sp³-hybridized carbons (Fsp3) is 1.00. The standard InChI is InChI=1S/C38H64O36S2/c1-59-4-10-17(42)30(73-34-21(46)19(44)15(40)12(67-34)7-62-75(53,54)55)24(49)36(65-10)70-27-14(8-63-76(56,57)58)69-35(22(47)20(27)45)74-31-18(43)11(5-60-2)66-37(25(31)50)71-28-13-6-61-32(28)26(51)38(68-13)72-29-16(41)9(3-39)64-33(52)23(29)48/h9-52H,3-8H2,1-2H3,(H,53,54,55)(H,56,57,58)/t9-,10-,11-,12+,13+,14+,15-,16+,17+,18+,19-,20+,21+,22+,23-,24-,25-,26+,27-,28-,29+,30+,31+,32+,33?,34+,35+,36+,37+,38+/m1/s1. The second kappa shape index (κ2) is 25.8. The van der Waals surface area contributed by atoms with E-state index in [9.17, 15) is 92.9 Å². The zero-order valence-electron chi connectivity index (χ0n) is 39.7. The van der Waals surface area contributed by atoms with Gasteiger partial charge in [-0.05, 0) is 0 Å². The van der Waals surface area contributed by atoms with Crippen molar-refractivity contribution in [2.75, 3.05) is 53.9 Å². The molecule has 0 saturated carbocycles. The number of aliphatic hydroxyl groups is 14. The molecule has 444 valence electrons. The molecular weight excluding hydrogens is 1100 g/mol. The van der Waals surface area contributed by atoms with Gasteiger partial charge in [-0.15, -0.1) is 0 Å². The lowest BCUT2D eigenvalue weighted by Crippen LogP contribution is -2.68. The molecule has 0 aromatic carbocycles. The number of fused-ring (bicyclic) bond motifs is 2. The van der Waals surface area contributed by atoms with Crippen LogP contribution in [0.4, 0.5) is 0 Å². The van der Waals surface area contributed by atoms with Crippen LogP contribution in [0.5, 0.6) is 0 Å². The topological polar surface area (TPSA) is 540 Å². The fourth-order valence-corrected chi connectivity index (χ4v) is 10.1. The van der Waals surface area contributed by atoms with E-state index in [2.05, 4.69) is 8.37 Å². The Morgan fingerprint density at radius 2 is 0.789 bits per heavy atom. The molecule has 7 saturated heterocycles. The minimum absolute atomic E-state index is 0.286. The van der Waals surface area contributed by atoms with E-state index in [1.54, 1.807) is 0 Å². The molecule has 7 rings (SSSR count). The molecule has 0 aromatic heterocycles. The summed E-state index contributed by atoms with van der Waals surface area (Å²) in [6.07, 6.45) is -56.6. The van der Waals surface area contributed by atoms with Gasteiger partial charge in [0.1, 0.15) is 146 Å². The molecule has 7 fully saturated rings. The SMILES string of the molecule is COC[C@H]1O[C@@H](O[C@H]2[C@@H](O)[C@H](O)[C@H](O[C@H]3[C@@H](O)[C@@H](COC)O[C@@H](O[C@H]4[C@H]5OC[C@@H]4O[C@@H](O[C@H]4[C@@H](O)[C@@H](CO)OC(O)[C@@H]4O)[C@H]5O)[C@@H]3O)O[C@H]2COS(=O)(=O)O)[C@H](O)[C@@H](O[C@@H]2O[C@@H](COS(=O)(=O)O)[C@@H](O)[C@@H](O)[C@@H]2O)[C@H]1O. The van der Waals surface area contributed by atoms with E-state index in [0.717, 1.165) is 7.11 Å². The van der Waals surface area contributed by atoms with E-state index in [0.29, 0.717) is 0 Å². The smallest absolute Gasteiger partial charge is 0.394 e. The Balaban J connectivity index is 1.06. The average molecular weight is 1160 g/mol. The largest absolute Gasteiger partial charge is 0.397 e. The second-order valence-electron chi connectivity index (χ2n) is 18.5. The molecule has 1 unspecified atom stereocenters. The number of hydrogen-bond donors (Lipinski definition) is 16. The second-order valence-corrected chi connectivity index (χ2v) is 20.7. The van der Waals surface area contributed by atoms with Crippen LogP contribution in [0.1, 0.15) is 0 Å². The van der Waals surface area contributed by atoms with Crippen molar-refractivity contribution in [3.8, 4) is 0 Å². The van der Waals surface area contributed by atoms with E-state index < -0.39 is 238 Å². The number of ether oxygens (including phenoxy) is 14. The van der Waals surface area contributed by atoms with Crippen molar-refractivity contribution < 1.29 is 172 Å². The van der Waals surface area contributed by atoms with Crippen molar-refractivity contribution in [1.82, 2.24) is 0 Å². The highest BCUT2D eigenvalue weighted by Gasteiger charge is 2.59. The number of methoxy groups -OCH3 is 2. The van der Waals surface area contributed by atoms with Crippen LogP contribution in [-0.4, -0.2) is 336 Å². The van der Waals surface area contributed by atoms with Crippen LogP contribution in [0.15, 0.2) is 0 Å². The summed E-state index contributed by atoms with van der Waals surface area (Å²) < 4.78 is 151. The first-order valence-corrected chi connectivity index (χ1v) is 25.9. The van der Waals surface area contributed by atoms with Gasteiger partial charge >= 0.3 is 20.8 Å². The van der Waals surface area contributed by atoms with E-state index in [1.165, 1.54) is 7.11 Å². The highest BCUT2D eigenvalue weighted by atomic mass is 32.3. The first-order chi connectivity index (χ1) is 35.7. The summed E-state index contributed by atoms with van der Waals surface area (Å²) in [5.74, 6) is 0. The van der Waals surface area contributed by atoms with Crippen molar-refractivity contribution in [2.45, 2.75) is 184 Å². The Morgan fingerprint density at radius 3 is 1.28 bits per heavy atom. The zero-order chi connectivity index (χ0) is 55.9. The van der Waals surface area contributed by atoms with Crippen LogP contribution >= 0.6 is 0 Å². The van der Waals surface area contributed by atoms with Gasteiger partial charge in [0.2, 0.25) is 0 Å². The first-order valence-electron chi connectivity index (χ1n) is 23.2. The highest BCUT2D eigenvalue weighted by molar-refractivity contribution is 7.81. The van der Waals surface area contributed by atoms with Gasteiger partial charge in [-0.25, -0.2) is 8.37 Å². The van der Waals surface area contributed by atoms with Crippen LogP contribution < -0.4 is 0 Å². The molecule has 7 aliphatic heterocycles. The predicted molar refractivity (Wildman–Crippen MR) is 226 cm³/mol. The van der Waals surface area contributed by atoms with Gasteiger partial charge in [-0.1, -0.05) is 0 Å². The Morgan fingerprint density at radius 1 is 0.395 bits per heavy atom. The van der Waals surface area contributed by atoms with Crippen molar-refractivity contribution in [3.05, 3.63) is 0 Å². The minimum atomic E-state index is -5.35. The summed E-state index contributed by atoms with van der Waals surface area (Å²) in [5, 5.41) is 153. The van der Waals surface area contributed by atoms with Crippen molar-refractivity contribution in [3.63, 3.8) is 0 Å². The molecule has 2 bridgehead atoms. The summed E-state index contributed by atoms with van der Waals surface area (Å²) in [5.41, 5.74) is 0. The molecule has 16 N–H and O–H groups in total. The third kappa shape index (κ3) is 13.9. The summed E-state index contributed by atoms with van der Waals surface area (Å²) in [6, 6.07) is 0. The molecule has 7 aliphatic rings. The molecule has 30 atom stereocenters. The summed E-state index contributed by atoms with van der Waals surface area (Å²) >= 11 is 0. The number of aliphatic hydroxyl groups excluding tert-OH is 14. The molecule has 0 aliphatic carbocycles. The van der Waals surface area contributed by atoms with Crippen LogP contribution in [0.25, 0.3) is 0 Å². The summed E-state index contributed by atoms with van der Waals surface area (Å²) in [6.45, 7) is -4.48. The number of hydrogen-bond acceptors (Lipinski definition) is 34. The van der Waals surface area contributed by atoms with Crippen molar-refractivity contribution in [2.24, 2.45) is 0 Å². The molecule has 0 spiro atoms. The highest BCUT2D eigenvalue weighted by Crippen LogP contribution is 2.39. The fourth-order valence-electron chi connectivity index (χ4n) is 9.45. The maximum Gasteiger partial charge on any atom is 0.397 e. The maximum atomic E-state index is 11.8. The quantitative estimate of drug-likeness (QED) is 0.0475. The van der Waals surface area contributed by atoms with Gasteiger partial charge in [0.15, 0.2) is 37.7 Å². The maximum absolute atomic E-state index is 11.8. The Hall–Kier alpha value is -1.38. The van der Waals surface area contributed by atoms with E-state index in [4.69, 9.17) is 70.9 Å². The Kier molecular flexibility index (Phi) is 21.1. The monoisotopic (exact) mass is 1160 g/mol. The summed E-state index contributed by atoms with van der Waals surface area (Å²) in [7, 11) is -8.14. The molecule has 0 radical (unpaired) electrons. The summed E-state index contributed by atoms with van der Waals surface area (Å²) in [4.78, 5) is 0.